The van der Waals surface area contributed by atoms with Crippen LogP contribution in [0.25, 0.3) is 0 Å². The predicted molar refractivity (Wildman–Crippen MR) is 108 cm³/mol. The van der Waals surface area contributed by atoms with Crippen LogP contribution in [0.15, 0.2) is 30.0 Å². The standard InChI is InChI=1S/C22H32FNOSi/c1-15(2)26(16(3)4,17(5)6)25-22-9-7-19(8-10-22)20-11-18(14-24)12-21(23)13-20/h9,11-13,15-17,19H,7-8,10H2,1-6H3. The Hall–Kier alpha value is -1.60. The molecule has 1 atom stereocenters. The average molecular weight is 374 g/mol. The molecule has 26 heavy (non-hydrogen) atoms. The van der Waals surface area contributed by atoms with Crippen molar-refractivity contribution in [2.75, 3.05) is 0 Å². The molecule has 0 aliphatic heterocycles. The molecule has 0 saturated heterocycles. The molecule has 1 aliphatic rings. The van der Waals surface area contributed by atoms with Crippen LogP contribution in [-0.4, -0.2) is 8.32 Å². The second-order valence-electron chi connectivity index (χ2n) is 8.45. The molecule has 0 saturated carbocycles. The molecule has 1 aromatic rings. The number of hydrogen-bond donors (Lipinski definition) is 0. The molecule has 2 nitrogen and oxygen atoms in total. The second-order valence-corrected chi connectivity index (χ2v) is 13.8. The van der Waals surface area contributed by atoms with Crippen LogP contribution >= 0.6 is 0 Å². The number of rotatable bonds is 6. The maximum Gasteiger partial charge on any atom is 0.258 e. The van der Waals surface area contributed by atoms with E-state index in [0.717, 1.165) is 30.6 Å². The van der Waals surface area contributed by atoms with Crippen LogP contribution in [0.5, 0.6) is 0 Å². The highest BCUT2D eigenvalue weighted by molar-refractivity contribution is 6.77. The Labute approximate surface area is 159 Å². The summed E-state index contributed by atoms with van der Waals surface area (Å²) >= 11 is 0. The molecule has 1 aliphatic carbocycles. The molecule has 0 N–H and O–H groups in total. The highest BCUT2D eigenvalue weighted by Gasteiger charge is 2.47. The van der Waals surface area contributed by atoms with Crippen molar-refractivity contribution in [3.8, 4) is 6.07 Å². The van der Waals surface area contributed by atoms with E-state index >= 15 is 0 Å². The lowest BCUT2D eigenvalue weighted by Crippen LogP contribution is -2.47. The van der Waals surface area contributed by atoms with E-state index in [1.54, 1.807) is 6.07 Å². The van der Waals surface area contributed by atoms with E-state index in [9.17, 15) is 4.39 Å². The summed E-state index contributed by atoms with van der Waals surface area (Å²) < 4.78 is 20.5. The van der Waals surface area contributed by atoms with Crippen molar-refractivity contribution in [2.45, 2.75) is 83.3 Å². The molecule has 0 aromatic heterocycles. The maximum atomic E-state index is 13.7. The van der Waals surface area contributed by atoms with E-state index in [4.69, 9.17) is 9.69 Å². The smallest absolute Gasteiger partial charge is 0.258 e. The predicted octanol–water partition coefficient (Wildman–Crippen LogP) is 7.04. The van der Waals surface area contributed by atoms with Crippen molar-refractivity contribution in [1.29, 1.82) is 5.26 Å². The summed E-state index contributed by atoms with van der Waals surface area (Å²) in [6.45, 7) is 13.8. The SMILES string of the molecule is CC(C)[Si](OC1=CCC(c2cc(F)cc(C#N)c2)CC1)(C(C)C)C(C)C. The first-order chi connectivity index (χ1) is 12.2. The summed E-state index contributed by atoms with van der Waals surface area (Å²) in [6.07, 6.45) is 4.89. The number of hydrogen-bond acceptors (Lipinski definition) is 2. The zero-order chi connectivity index (χ0) is 19.5. The van der Waals surface area contributed by atoms with Gasteiger partial charge in [0.25, 0.3) is 8.32 Å². The zero-order valence-corrected chi connectivity index (χ0v) is 18.0. The third kappa shape index (κ3) is 4.20. The highest BCUT2D eigenvalue weighted by atomic mass is 28.4. The second kappa shape index (κ2) is 8.39. The minimum absolute atomic E-state index is 0.262. The van der Waals surface area contributed by atoms with Gasteiger partial charge in [-0.3, -0.25) is 0 Å². The lowest BCUT2D eigenvalue weighted by atomic mass is 9.86. The fourth-order valence-corrected chi connectivity index (χ4v) is 10.0. The van der Waals surface area contributed by atoms with Crippen LogP contribution in [0, 0.1) is 17.1 Å². The molecule has 0 radical (unpaired) electrons. The van der Waals surface area contributed by atoms with E-state index < -0.39 is 8.32 Å². The Morgan fingerprint density at radius 2 is 1.69 bits per heavy atom. The Bertz CT molecular complexity index is 681. The first kappa shape index (κ1) is 20.7. The van der Waals surface area contributed by atoms with Crippen LogP contribution in [0.1, 0.15) is 77.8 Å². The van der Waals surface area contributed by atoms with Crippen LogP contribution in [0.2, 0.25) is 16.6 Å². The van der Waals surface area contributed by atoms with E-state index in [-0.39, 0.29) is 11.7 Å². The molecule has 0 amide bonds. The number of benzene rings is 1. The molecule has 0 fully saturated rings. The topological polar surface area (TPSA) is 33.0 Å². The Balaban J connectivity index is 2.19. The largest absolute Gasteiger partial charge is 0.546 e. The average Bonchev–Trinajstić information content (AvgIpc) is 2.58. The molecule has 4 heteroatoms. The van der Waals surface area contributed by atoms with Crippen molar-refractivity contribution in [1.82, 2.24) is 0 Å². The van der Waals surface area contributed by atoms with Crippen molar-refractivity contribution >= 4 is 8.32 Å². The summed E-state index contributed by atoms with van der Waals surface area (Å²) in [5.41, 5.74) is 3.00. The van der Waals surface area contributed by atoms with Gasteiger partial charge in [-0.2, -0.15) is 5.26 Å². The molecule has 1 aromatic carbocycles. The quantitative estimate of drug-likeness (QED) is 0.501. The number of halogens is 1. The van der Waals surface area contributed by atoms with Gasteiger partial charge in [-0.25, -0.2) is 4.39 Å². The monoisotopic (exact) mass is 373 g/mol. The molecular weight excluding hydrogens is 341 g/mol. The van der Waals surface area contributed by atoms with Crippen molar-refractivity contribution in [3.63, 3.8) is 0 Å². The summed E-state index contributed by atoms with van der Waals surface area (Å²) in [7, 11) is -1.91. The summed E-state index contributed by atoms with van der Waals surface area (Å²) in [5.74, 6) is 1.07. The van der Waals surface area contributed by atoms with Gasteiger partial charge in [0.15, 0.2) is 0 Å². The Kier molecular flexibility index (Phi) is 6.68. The van der Waals surface area contributed by atoms with Crippen molar-refractivity contribution in [2.24, 2.45) is 0 Å². The summed E-state index contributed by atoms with van der Waals surface area (Å²) in [4.78, 5) is 0. The normalized spacial score (nSPS) is 18.2. The molecule has 142 valence electrons. The minimum Gasteiger partial charge on any atom is -0.546 e. The maximum absolute atomic E-state index is 13.7. The van der Waals surface area contributed by atoms with E-state index in [0.29, 0.717) is 22.2 Å². The molecule has 1 unspecified atom stereocenters. The van der Waals surface area contributed by atoms with Crippen LogP contribution in [-0.2, 0) is 4.43 Å². The first-order valence-corrected chi connectivity index (χ1v) is 11.9. The molecular formula is C22H32FNOSi. The van der Waals surface area contributed by atoms with Gasteiger partial charge in [0.2, 0.25) is 0 Å². The minimum atomic E-state index is -1.91. The van der Waals surface area contributed by atoms with Gasteiger partial charge in [-0.05, 0) is 65.2 Å². The van der Waals surface area contributed by atoms with Crippen molar-refractivity contribution < 1.29 is 8.82 Å². The molecule has 2 rings (SSSR count). The van der Waals surface area contributed by atoms with Gasteiger partial charge in [0.1, 0.15) is 5.82 Å². The molecule has 0 bridgehead atoms. The Morgan fingerprint density at radius 3 is 2.15 bits per heavy atom. The number of allylic oxidation sites excluding steroid dienone is 2. The van der Waals surface area contributed by atoms with Crippen molar-refractivity contribution in [3.05, 3.63) is 47.0 Å². The van der Waals surface area contributed by atoms with E-state index in [1.165, 1.54) is 6.07 Å². The molecule has 0 spiro atoms. The lowest BCUT2D eigenvalue weighted by molar-refractivity contribution is 0.334. The van der Waals surface area contributed by atoms with Gasteiger partial charge in [0, 0.05) is 6.42 Å². The first-order valence-electron chi connectivity index (χ1n) is 9.79. The lowest BCUT2D eigenvalue weighted by Gasteiger charge is -2.43. The summed E-state index contributed by atoms with van der Waals surface area (Å²) in [6, 6.07) is 6.74. The third-order valence-electron chi connectivity index (χ3n) is 5.90. The summed E-state index contributed by atoms with van der Waals surface area (Å²) in [5, 5.41) is 9.07. The molecule has 0 heterocycles. The van der Waals surface area contributed by atoms with Gasteiger partial charge < -0.3 is 4.43 Å². The van der Waals surface area contributed by atoms with Gasteiger partial charge in [-0.15, -0.1) is 0 Å². The fourth-order valence-electron chi connectivity index (χ4n) is 4.70. The number of nitrogens with zero attached hydrogens (tertiary/aromatic N) is 1. The van der Waals surface area contributed by atoms with Gasteiger partial charge in [0.05, 0.1) is 17.4 Å². The van der Waals surface area contributed by atoms with E-state index in [2.05, 4.69) is 47.6 Å². The number of nitriles is 1. The van der Waals surface area contributed by atoms with Gasteiger partial charge in [-0.1, -0.05) is 41.5 Å². The van der Waals surface area contributed by atoms with Crippen LogP contribution < -0.4 is 0 Å². The van der Waals surface area contributed by atoms with Crippen LogP contribution in [0.4, 0.5) is 4.39 Å². The Morgan fingerprint density at radius 1 is 1.08 bits per heavy atom. The zero-order valence-electron chi connectivity index (χ0n) is 17.0. The van der Waals surface area contributed by atoms with Gasteiger partial charge >= 0.3 is 0 Å². The highest BCUT2D eigenvalue weighted by Crippen LogP contribution is 2.45. The van der Waals surface area contributed by atoms with E-state index in [1.807, 2.05) is 12.1 Å². The van der Waals surface area contributed by atoms with Crippen LogP contribution in [0.3, 0.4) is 0 Å². The third-order valence-corrected chi connectivity index (χ3v) is 11.9. The fraction of sp³-hybridized carbons (Fsp3) is 0.591.